The fraction of sp³-hybridized carbons (Fsp3) is 0.409. The third kappa shape index (κ3) is 5.73. The molecule has 3 rings (SSSR count). The molecule has 1 heterocycles. The molecule has 5 heteroatoms. The van der Waals surface area contributed by atoms with Gasteiger partial charge in [-0.1, -0.05) is 42.5 Å². The second-order valence-corrected chi connectivity index (χ2v) is 7.79. The van der Waals surface area contributed by atoms with Gasteiger partial charge in [0.05, 0.1) is 31.4 Å². The molecule has 0 spiro atoms. The summed E-state index contributed by atoms with van der Waals surface area (Å²) in [5, 5.41) is 3.33. The van der Waals surface area contributed by atoms with E-state index < -0.39 is 0 Å². The molecule has 0 aliphatic carbocycles. The van der Waals surface area contributed by atoms with Crippen LogP contribution >= 0.6 is 0 Å². The van der Waals surface area contributed by atoms with Crippen molar-refractivity contribution in [1.29, 1.82) is 0 Å². The maximum Gasteiger partial charge on any atom is 0.189 e. The number of ether oxygens (including phenoxy) is 2. The molecule has 2 aromatic carbocycles. The lowest BCUT2D eigenvalue weighted by Crippen LogP contribution is -2.37. The first-order valence-electron chi connectivity index (χ1n) is 9.41. The highest BCUT2D eigenvalue weighted by Gasteiger charge is 2.21. The highest BCUT2D eigenvalue weighted by molar-refractivity contribution is 5.78. The van der Waals surface area contributed by atoms with Crippen molar-refractivity contribution in [1.82, 2.24) is 5.32 Å². The standard InChI is InChI=1S/C22H29N3O2/c1-22(2,3)27-15-17-8-6-7-16(13-17)14-24-21(23)25-19-11-12-26-20-10-5-4-9-18(19)20/h4-10,13,19H,11-12,14-15H2,1-3H3,(H3,23,24,25). The number of nitrogens with zero attached hydrogens (tertiary/aromatic N) is 1. The number of nitrogens with two attached hydrogens (primary N) is 1. The molecule has 0 saturated heterocycles. The average Bonchev–Trinajstić information content (AvgIpc) is 2.65. The quantitative estimate of drug-likeness (QED) is 0.621. The highest BCUT2D eigenvalue weighted by atomic mass is 16.5. The second kappa shape index (κ2) is 8.44. The van der Waals surface area contributed by atoms with Gasteiger partial charge < -0.3 is 20.5 Å². The van der Waals surface area contributed by atoms with Crippen LogP contribution in [0.25, 0.3) is 0 Å². The monoisotopic (exact) mass is 367 g/mol. The maximum atomic E-state index is 6.14. The minimum absolute atomic E-state index is 0.130. The largest absolute Gasteiger partial charge is 0.493 e. The Kier molecular flexibility index (Phi) is 6.01. The lowest BCUT2D eigenvalue weighted by molar-refractivity contribution is -0.0149. The summed E-state index contributed by atoms with van der Waals surface area (Å²) < 4.78 is 11.5. The minimum atomic E-state index is -0.150. The van der Waals surface area contributed by atoms with Crippen molar-refractivity contribution < 1.29 is 9.47 Å². The summed E-state index contributed by atoms with van der Waals surface area (Å²) in [7, 11) is 0. The molecule has 2 aromatic rings. The van der Waals surface area contributed by atoms with Crippen LogP contribution in [0.1, 0.15) is 49.9 Å². The molecule has 0 amide bonds. The molecule has 5 nitrogen and oxygen atoms in total. The topological polar surface area (TPSA) is 68.9 Å². The van der Waals surface area contributed by atoms with Gasteiger partial charge in [-0.05, 0) is 38.0 Å². The van der Waals surface area contributed by atoms with Gasteiger partial charge in [-0.25, -0.2) is 4.99 Å². The molecule has 0 saturated carbocycles. The van der Waals surface area contributed by atoms with Crippen molar-refractivity contribution in [2.45, 2.75) is 52.0 Å². The van der Waals surface area contributed by atoms with E-state index in [1.165, 1.54) is 0 Å². The van der Waals surface area contributed by atoms with Gasteiger partial charge >= 0.3 is 0 Å². The number of para-hydroxylation sites is 1. The summed E-state index contributed by atoms with van der Waals surface area (Å²) in [6.45, 7) is 7.98. The molecule has 1 unspecified atom stereocenters. The molecule has 0 fully saturated rings. The Morgan fingerprint density at radius 1 is 1.19 bits per heavy atom. The molecule has 3 N–H and O–H groups in total. The van der Waals surface area contributed by atoms with Crippen LogP contribution in [0.2, 0.25) is 0 Å². The predicted octanol–water partition coefficient (Wildman–Crippen LogP) is 3.93. The van der Waals surface area contributed by atoms with Gasteiger partial charge in [0.15, 0.2) is 5.96 Å². The Hall–Kier alpha value is -2.53. The Bertz CT molecular complexity index is 796. The molecule has 27 heavy (non-hydrogen) atoms. The van der Waals surface area contributed by atoms with Gasteiger partial charge in [0.25, 0.3) is 0 Å². The third-order valence-electron chi connectivity index (χ3n) is 4.38. The predicted molar refractivity (Wildman–Crippen MR) is 109 cm³/mol. The van der Waals surface area contributed by atoms with Gasteiger partial charge in [0, 0.05) is 12.0 Å². The summed E-state index contributed by atoms with van der Waals surface area (Å²) in [5.41, 5.74) is 9.37. The van der Waals surface area contributed by atoms with Crippen LogP contribution in [-0.4, -0.2) is 18.2 Å². The fourth-order valence-corrected chi connectivity index (χ4v) is 3.01. The third-order valence-corrected chi connectivity index (χ3v) is 4.38. The van der Waals surface area contributed by atoms with Gasteiger partial charge in [-0.2, -0.15) is 0 Å². The average molecular weight is 367 g/mol. The maximum absolute atomic E-state index is 6.14. The Labute approximate surface area is 161 Å². The van der Waals surface area contributed by atoms with E-state index in [9.17, 15) is 0 Å². The summed E-state index contributed by atoms with van der Waals surface area (Å²) in [6.07, 6.45) is 0.868. The zero-order chi connectivity index (χ0) is 19.3. The molecular formula is C22H29N3O2. The van der Waals surface area contributed by atoms with E-state index in [1.807, 2.05) is 24.3 Å². The number of aliphatic imine (C=N–C) groups is 1. The van der Waals surface area contributed by atoms with Gasteiger partial charge in [0.1, 0.15) is 5.75 Å². The van der Waals surface area contributed by atoms with Gasteiger partial charge in [-0.3, -0.25) is 0 Å². The number of hydrogen-bond donors (Lipinski definition) is 2. The molecular weight excluding hydrogens is 338 g/mol. The minimum Gasteiger partial charge on any atom is -0.493 e. The van der Waals surface area contributed by atoms with Crippen molar-refractivity contribution in [2.24, 2.45) is 10.7 Å². The summed E-state index contributed by atoms with van der Waals surface area (Å²) in [5.74, 6) is 1.37. The highest BCUT2D eigenvalue weighted by Crippen LogP contribution is 2.31. The Morgan fingerprint density at radius 3 is 2.78 bits per heavy atom. The van der Waals surface area contributed by atoms with Crippen LogP contribution in [0.3, 0.4) is 0 Å². The number of nitrogens with one attached hydrogen (secondary N) is 1. The van der Waals surface area contributed by atoms with E-state index >= 15 is 0 Å². The SMILES string of the molecule is CC(C)(C)OCc1cccc(CN=C(N)NC2CCOc3ccccc32)c1. The van der Waals surface area contributed by atoms with Crippen molar-refractivity contribution >= 4 is 5.96 Å². The van der Waals surface area contributed by atoms with Crippen molar-refractivity contribution in [3.05, 3.63) is 65.2 Å². The Morgan fingerprint density at radius 2 is 1.96 bits per heavy atom. The first kappa shape index (κ1) is 19.2. The van der Waals surface area contributed by atoms with E-state index in [1.54, 1.807) is 0 Å². The summed E-state index contributed by atoms with van der Waals surface area (Å²) in [6, 6.07) is 16.5. The number of benzene rings is 2. The van der Waals surface area contributed by atoms with Crippen LogP contribution in [-0.2, 0) is 17.9 Å². The van der Waals surface area contributed by atoms with E-state index in [2.05, 4.69) is 55.3 Å². The van der Waals surface area contributed by atoms with Crippen molar-refractivity contribution in [2.75, 3.05) is 6.61 Å². The van der Waals surface area contributed by atoms with Crippen molar-refractivity contribution in [3.8, 4) is 5.75 Å². The number of hydrogen-bond acceptors (Lipinski definition) is 3. The van der Waals surface area contributed by atoms with Crippen LogP contribution in [0.4, 0.5) is 0 Å². The molecule has 0 radical (unpaired) electrons. The zero-order valence-electron chi connectivity index (χ0n) is 16.4. The van der Waals surface area contributed by atoms with Gasteiger partial charge in [0.2, 0.25) is 0 Å². The normalized spacial score (nSPS) is 17.1. The molecule has 0 bridgehead atoms. The Balaban J connectivity index is 1.60. The van der Waals surface area contributed by atoms with Crippen LogP contribution in [0, 0.1) is 0 Å². The molecule has 1 aliphatic rings. The number of guanidine groups is 1. The van der Waals surface area contributed by atoms with E-state index in [0.717, 1.165) is 28.9 Å². The van der Waals surface area contributed by atoms with E-state index in [0.29, 0.717) is 25.7 Å². The van der Waals surface area contributed by atoms with Crippen molar-refractivity contribution in [3.63, 3.8) is 0 Å². The molecule has 144 valence electrons. The first-order valence-corrected chi connectivity index (χ1v) is 9.41. The van der Waals surface area contributed by atoms with Gasteiger partial charge in [-0.15, -0.1) is 0 Å². The number of rotatable bonds is 5. The van der Waals surface area contributed by atoms with Crippen LogP contribution in [0.15, 0.2) is 53.5 Å². The molecule has 0 aromatic heterocycles. The van der Waals surface area contributed by atoms with E-state index in [4.69, 9.17) is 15.2 Å². The zero-order valence-corrected chi connectivity index (χ0v) is 16.4. The second-order valence-electron chi connectivity index (χ2n) is 7.79. The van der Waals surface area contributed by atoms with Crippen LogP contribution < -0.4 is 15.8 Å². The van der Waals surface area contributed by atoms with Crippen LogP contribution in [0.5, 0.6) is 5.75 Å². The number of fused-ring (bicyclic) bond motifs is 1. The summed E-state index contributed by atoms with van der Waals surface area (Å²) in [4.78, 5) is 4.51. The first-order chi connectivity index (χ1) is 12.9. The smallest absolute Gasteiger partial charge is 0.189 e. The fourth-order valence-electron chi connectivity index (χ4n) is 3.01. The summed E-state index contributed by atoms with van der Waals surface area (Å²) >= 11 is 0. The molecule has 1 aliphatic heterocycles. The van der Waals surface area contributed by atoms with E-state index in [-0.39, 0.29) is 11.6 Å². The molecule has 1 atom stereocenters. The lowest BCUT2D eigenvalue weighted by atomic mass is 10.0. The lowest BCUT2D eigenvalue weighted by Gasteiger charge is -2.26.